The number of nitriles is 1. The van der Waals surface area contributed by atoms with Crippen LogP contribution in [0.4, 0.5) is 11.5 Å². The summed E-state index contributed by atoms with van der Waals surface area (Å²) in [5.41, 5.74) is 4.62. The molecular weight excluding hydrogens is 466 g/mol. The maximum atomic E-state index is 12.8. The highest BCUT2D eigenvalue weighted by Crippen LogP contribution is 2.41. The van der Waals surface area contributed by atoms with Crippen LogP contribution in [0.5, 0.6) is 0 Å². The van der Waals surface area contributed by atoms with Gasteiger partial charge >= 0.3 is 0 Å². The molecule has 9 heteroatoms. The van der Waals surface area contributed by atoms with Gasteiger partial charge in [0, 0.05) is 62.8 Å². The molecule has 0 radical (unpaired) electrons. The molecular formula is C28H29N7O2. The third-order valence-electron chi connectivity index (χ3n) is 6.95. The van der Waals surface area contributed by atoms with Crippen LogP contribution < -0.4 is 15.5 Å². The summed E-state index contributed by atoms with van der Waals surface area (Å²) in [4.78, 5) is 37.8. The van der Waals surface area contributed by atoms with Crippen LogP contribution in [0.3, 0.4) is 0 Å². The summed E-state index contributed by atoms with van der Waals surface area (Å²) in [6.45, 7) is 6.57. The third kappa shape index (κ3) is 5.01. The lowest BCUT2D eigenvalue weighted by atomic mass is 9.89. The first-order valence-electron chi connectivity index (χ1n) is 12.5. The maximum Gasteiger partial charge on any atom is 0.272 e. The van der Waals surface area contributed by atoms with E-state index in [2.05, 4.69) is 32.7 Å². The molecule has 2 atom stereocenters. The largest absolute Gasteiger partial charge is 0.363 e. The first-order valence-corrected chi connectivity index (χ1v) is 12.5. The molecule has 9 nitrogen and oxygen atoms in total. The van der Waals surface area contributed by atoms with Gasteiger partial charge in [0.05, 0.1) is 11.6 Å². The van der Waals surface area contributed by atoms with Crippen molar-refractivity contribution in [3.8, 4) is 17.2 Å². The summed E-state index contributed by atoms with van der Waals surface area (Å²) >= 11 is 0. The Morgan fingerprint density at radius 1 is 1.05 bits per heavy atom. The van der Waals surface area contributed by atoms with E-state index in [-0.39, 0.29) is 23.9 Å². The molecule has 5 rings (SSSR count). The minimum atomic E-state index is -0.0810. The van der Waals surface area contributed by atoms with Crippen LogP contribution >= 0.6 is 0 Å². The second-order valence-corrected chi connectivity index (χ2v) is 9.46. The lowest BCUT2D eigenvalue weighted by molar-refractivity contribution is -0.117. The van der Waals surface area contributed by atoms with Crippen molar-refractivity contribution in [2.24, 2.45) is 0 Å². The molecule has 2 aliphatic rings. The minimum absolute atomic E-state index is 0.00341. The summed E-state index contributed by atoms with van der Waals surface area (Å²) in [5, 5.41) is 15.8. The van der Waals surface area contributed by atoms with Crippen LogP contribution in [-0.4, -0.2) is 58.9 Å². The Morgan fingerprint density at radius 3 is 2.49 bits per heavy atom. The van der Waals surface area contributed by atoms with E-state index < -0.39 is 0 Å². The molecule has 1 aromatic carbocycles. The van der Waals surface area contributed by atoms with Crippen molar-refractivity contribution in [2.75, 3.05) is 36.4 Å². The molecule has 1 fully saturated rings. The van der Waals surface area contributed by atoms with E-state index in [9.17, 15) is 9.59 Å². The molecule has 0 bridgehead atoms. The quantitative estimate of drug-likeness (QED) is 0.570. The zero-order chi connectivity index (χ0) is 25.9. The number of nitrogens with zero attached hydrogens (tertiary/aromatic N) is 5. The third-order valence-corrected chi connectivity index (χ3v) is 6.95. The lowest BCUT2D eigenvalue weighted by Crippen LogP contribution is -2.46. The zero-order valence-corrected chi connectivity index (χ0v) is 20.9. The van der Waals surface area contributed by atoms with Crippen LogP contribution in [0.15, 0.2) is 54.9 Å². The van der Waals surface area contributed by atoms with E-state index in [0.717, 1.165) is 35.5 Å². The Morgan fingerprint density at radius 2 is 1.84 bits per heavy atom. The Labute approximate surface area is 216 Å². The predicted molar refractivity (Wildman–Crippen MR) is 141 cm³/mol. The smallest absolute Gasteiger partial charge is 0.272 e. The number of pyridine rings is 2. The van der Waals surface area contributed by atoms with Crippen molar-refractivity contribution in [3.63, 3.8) is 0 Å². The van der Waals surface area contributed by atoms with Gasteiger partial charge in [-0.25, -0.2) is 4.98 Å². The molecule has 0 saturated carbocycles. The van der Waals surface area contributed by atoms with Crippen molar-refractivity contribution in [3.05, 3.63) is 71.7 Å². The Kier molecular flexibility index (Phi) is 6.84. The maximum absolute atomic E-state index is 12.8. The summed E-state index contributed by atoms with van der Waals surface area (Å²) in [5.74, 6) is 0.610. The monoisotopic (exact) mass is 495 g/mol. The van der Waals surface area contributed by atoms with Crippen LogP contribution in [0.2, 0.25) is 0 Å². The van der Waals surface area contributed by atoms with Gasteiger partial charge in [-0.3, -0.25) is 14.6 Å². The van der Waals surface area contributed by atoms with E-state index in [1.165, 1.54) is 0 Å². The number of benzene rings is 1. The lowest BCUT2D eigenvalue weighted by Gasteiger charge is -2.39. The fourth-order valence-corrected chi connectivity index (χ4v) is 5.11. The molecule has 2 amide bonds. The number of aromatic nitrogens is 2. The molecule has 0 spiro atoms. The number of piperazine rings is 1. The molecule has 2 N–H and O–H groups in total. The molecule has 188 valence electrons. The van der Waals surface area contributed by atoms with Gasteiger partial charge in [0.25, 0.3) is 5.91 Å². The number of carbonyl (C=O) groups excluding carboxylic acids is 2. The number of hydrogen-bond acceptors (Lipinski definition) is 7. The molecule has 4 heterocycles. The topological polar surface area (TPSA) is 114 Å². The number of rotatable bonds is 4. The van der Waals surface area contributed by atoms with Crippen LogP contribution in [0, 0.1) is 11.3 Å². The SMILES string of the molecule is CC(=O)N1c2ccc(-c3ccc(C(=O)N4CCNCC4)nc3)cc2C(Nc2ccc(C#N)cn2)CC1C. The highest BCUT2D eigenvalue weighted by atomic mass is 16.2. The summed E-state index contributed by atoms with van der Waals surface area (Å²) in [6, 6.07) is 15.3. The highest BCUT2D eigenvalue weighted by Gasteiger charge is 2.33. The molecule has 37 heavy (non-hydrogen) atoms. The van der Waals surface area contributed by atoms with Gasteiger partial charge in [-0.15, -0.1) is 0 Å². The van der Waals surface area contributed by atoms with Gasteiger partial charge in [-0.1, -0.05) is 12.1 Å². The average molecular weight is 496 g/mol. The van der Waals surface area contributed by atoms with Crippen molar-refractivity contribution in [2.45, 2.75) is 32.4 Å². The van der Waals surface area contributed by atoms with Gasteiger partial charge in [-0.2, -0.15) is 5.26 Å². The zero-order valence-electron chi connectivity index (χ0n) is 20.9. The van der Waals surface area contributed by atoms with Crippen LogP contribution in [-0.2, 0) is 4.79 Å². The second kappa shape index (κ2) is 10.4. The standard InChI is InChI=1S/C28H29N7O2/c1-18-13-25(33-27-8-3-20(15-29)16-32-27)23-14-21(5-7-26(23)35(18)19(2)36)22-4-6-24(31-17-22)28(37)34-11-9-30-10-12-34/h3-8,14,16-18,25,30H,9-13H2,1-2H3,(H,32,33). The van der Waals surface area contributed by atoms with Gasteiger partial charge in [0.15, 0.2) is 0 Å². The van der Waals surface area contributed by atoms with Crippen molar-refractivity contribution in [1.29, 1.82) is 5.26 Å². The Hall–Kier alpha value is -4.29. The molecule has 3 aromatic rings. The fraction of sp³-hybridized carbons (Fsp3) is 0.321. The highest BCUT2D eigenvalue weighted by molar-refractivity contribution is 5.95. The van der Waals surface area contributed by atoms with E-state index in [4.69, 9.17) is 5.26 Å². The second-order valence-electron chi connectivity index (χ2n) is 9.46. The first-order chi connectivity index (χ1) is 17.9. The average Bonchev–Trinajstić information content (AvgIpc) is 2.93. The van der Waals surface area contributed by atoms with Gasteiger partial charge in [-0.05, 0) is 54.8 Å². The Balaban J connectivity index is 1.45. The molecule has 0 aliphatic carbocycles. The van der Waals surface area contributed by atoms with E-state index in [0.29, 0.717) is 36.6 Å². The van der Waals surface area contributed by atoms with Crippen molar-refractivity contribution < 1.29 is 9.59 Å². The summed E-state index contributed by atoms with van der Waals surface area (Å²) in [7, 11) is 0. The van der Waals surface area contributed by atoms with Gasteiger partial charge in [0.1, 0.15) is 17.6 Å². The van der Waals surface area contributed by atoms with Crippen LogP contribution in [0.1, 0.15) is 47.9 Å². The van der Waals surface area contributed by atoms with Crippen molar-refractivity contribution in [1.82, 2.24) is 20.2 Å². The van der Waals surface area contributed by atoms with Gasteiger partial charge in [0.2, 0.25) is 5.91 Å². The Bertz CT molecular complexity index is 1340. The number of nitrogens with one attached hydrogen (secondary N) is 2. The van der Waals surface area contributed by atoms with E-state index in [1.807, 2.05) is 34.9 Å². The number of amides is 2. The minimum Gasteiger partial charge on any atom is -0.363 e. The number of fused-ring (bicyclic) bond motifs is 1. The molecule has 2 unspecified atom stereocenters. The molecule has 2 aromatic heterocycles. The van der Waals surface area contributed by atoms with Gasteiger partial charge < -0.3 is 20.4 Å². The van der Waals surface area contributed by atoms with Crippen LogP contribution in [0.25, 0.3) is 11.1 Å². The first kappa shape index (κ1) is 24.4. The normalized spacial score (nSPS) is 19.1. The molecule has 2 aliphatic heterocycles. The van der Waals surface area contributed by atoms with E-state index >= 15 is 0 Å². The van der Waals surface area contributed by atoms with Crippen molar-refractivity contribution >= 4 is 23.3 Å². The summed E-state index contributed by atoms with van der Waals surface area (Å²) in [6.07, 6.45) is 3.98. The fourth-order valence-electron chi connectivity index (χ4n) is 5.11. The molecule has 1 saturated heterocycles. The summed E-state index contributed by atoms with van der Waals surface area (Å²) < 4.78 is 0. The van der Waals surface area contributed by atoms with E-state index in [1.54, 1.807) is 37.5 Å². The number of hydrogen-bond donors (Lipinski definition) is 2. The predicted octanol–water partition coefficient (Wildman–Crippen LogP) is 3.36. The number of anilines is 2. The number of carbonyl (C=O) groups is 2.